The van der Waals surface area contributed by atoms with Crippen molar-refractivity contribution in [3.05, 3.63) is 70.1 Å². The van der Waals surface area contributed by atoms with Crippen LogP contribution < -0.4 is 0 Å². The van der Waals surface area contributed by atoms with Gasteiger partial charge in [-0.2, -0.15) is 0 Å². The third kappa shape index (κ3) is 3.33. The molecular formula is C16H13F2NO3. The maximum Gasteiger partial charge on any atom is 0.317 e. The van der Waals surface area contributed by atoms with Crippen molar-refractivity contribution in [2.75, 3.05) is 6.61 Å². The SMILES string of the molecule is CCOC(=O)C(c1cccc(F)c1)c1ccc(N=O)c(F)c1. The number of carbonyl (C=O) groups excluding carboxylic acids is 1. The quantitative estimate of drug-likeness (QED) is 0.618. The first-order valence-corrected chi connectivity index (χ1v) is 6.61. The maximum atomic E-state index is 13.7. The molecule has 0 radical (unpaired) electrons. The zero-order valence-electron chi connectivity index (χ0n) is 11.8. The minimum Gasteiger partial charge on any atom is -0.465 e. The standard InChI is InChI=1S/C16H13F2NO3/c1-2-22-16(20)15(10-4-3-5-12(17)8-10)11-6-7-14(19-21)13(18)9-11/h3-9,15H,2H2,1H3. The number of hydrogen-bond acceptors (Lipinski definition) is 4. The number of nitrogens with zero attached hydrogens (tertiary/aromatic N) is 1. The Morgan fingerprint density at radius 1 is 1.18 bits per heavy atom. The van der Waals surface area contributed by atoms with Gasteiger partial charge in [-0.25, -0.2) is 8.78 Å². The molecule has 2 aromatic carbocycles. The zero-order valence-corrected chi connectivity index (χ0v) is 11.8. The summed E-state index contributed by atoms with van der Waals surface area (Å²) in [5.41, 5.74) is 0.240. The van der Waals surface area contributed by atoms with Gasteiger partial charge in [0.25, 0.3) is 0 Å². The summed E-state index contributed by atoms with van der Waals surface area (Å²) in [6.07, 6.45) is 0. The summed E-state index contributed by atoms with van der Waals surface area (Å²) in [7, 11) is 0. The van der Waals surface area contributed by atoms with Crippen molar-refractivity contribution in [2.45, 2.75) is 12.8 Å². The molecule has 0 aliphatic rings. The molecule has 22 heavy (non-hydrogen) atoms. The first-order valence-electron chi connectivity index (χ1n) is 6.61. The summed E-state index contributed by atoms with van der Waals surface area (Å²) >= 11 is 0. The third-order valence-electron chi connectivity index (χ3n) is 3.11. The number of benzene rings is 2. The molecule has 2 rings (SSSR count). The third-order valence-corrected chi connectivity index (χ3v) is 3.11. The van der Waals surface area contributed by atoms with Gasteiger partial charge in [-0.1, -0.05) is 18.2 Å². The predicted octanol–water partition coefficient (Wildman–Crippen LogP) is 4.06. The van der Waals surface area contributed by atoms with Gasteiger partial charge in [0.15, 0.2) is 5.82 Å². The van der Waals surface area contributed by atoms with E-state index < -0.39 is 23.5 Å². The van der Waals surface area contributed by atoms with E-state index in [0.29, 0.717) is 5.56 Å². The van der Waals surface area contributed by atoms with E-state index in [0.717, 1.165) is 6.07 Å². The Labute approximate surface area is 125 Å². The second-order valence-corrected chi connectivity index (χ2v) is 4.54. The van der Waals surface area contributed by atoms with Crippen LogP contribution in [-0.4, -0.2) is 12.6 Å². The molecule has 0 aliphatic heterocycles. The fourth-order valence-corrected chi connectivity index (χ4v) is 2.15. The van der Waals surface area contributed by atoms with Gasteiger partial charge in [-0.15, -0.1) is 4.91 Å². The van der Waals surface area contributed by atoms with Crippen molar-refractivity contribution in [1.29, 1.82) is 0 Å². The smallest absolute Gasteiger partial charge is 0.317 e. The second kappa shape index (κ2) is 6.89. The highest BCUT2D eigenvalue weighted by Gasteiger charge is 2.25. The highest BCUT2D eigenvalue weighted by atomic mass is 19.1. The normalized spacial score (nSPS) is 11.8. The lowest BCUT2D eigenvalue weighted by Gasteiger charge is -2.17. The summed E-state index contributed by atoms with van der Waals surface area (Å²) in [6, 6.07) is 9.03. The molecule has 0 fully saturated rings. The van der Waals surface area contributed by atoms with Crippen LogP contribution in [0.25, 0.3) is 0 Å². The number of esters is 1. The van der Waals surface area contributed by atoms with Crippen LogP contribution >= 0.6 is 0 Å². The van der Waals surface area contributed by atoms with Gasteiger partial charge in [0.1, 0.15) is 17.4 Å². The molecule has 6 heteroatoms. The van der Waals surface area contributed by atoms with Crippen molar-refractivity contribution in [1.82, 2.24) is 0 Å². The van der Waals surface area contributed by atoms with E-state index in [1.807, 2.05) is 0 Å². The van der Waals surface area contributed by atoms with Crippen LogP contribution in [0, 0.1) is 16.5 Å². The minimum atomic E-state index is -0.981. The van der Waals surface area contributed by atoms with Crippen LogP contribution in [0.4, 0.5) is 14.5 Å². The molecule has 1 unspecified atom stereocenters. The number of hydrogen-bond donors (Lipinski definition) is 0. The van der Waals surface area contributed by atoms with Crippen LogP contribution in [0.5, 0.6) is 0 Å². The van der Waals surface area contributed by atoms with E-state index in [9.17, 15) is 18.5 Å². The Balaban J connectivity index is 2.51. The van der Waals surface area contributed by atoms with Gasteiger partial charge < -0.3 is 4.74 Å². The van der Waals surface area contributed by atoms with Gasteiger partial charge in [0, 0.05) is 0 Å². The second-order valence-electron chi connectivity index (χ2n) is 4.54. The molecule has 114 valence electrons. The minimum absolute atomic E-state index is 0.140. The van der Waals surface area contributed by atoms with E-state index in [1.165, 1.54) is 30.3 Å². The van der Waals surface area contributed by atoms with Crippen LogP contribution in [-0.2, 0) is 9.53 Å². The Bertz CT molecular complexity index is 704. The molecule has 0 bridgehead atoms. The molecule has 0 amide bonds. The number of halogens is 2. The molecule has 4 nitrogen and oxygen atoms in total. The highest BCUT2D eigenvalue weighted by Crippen LogP contribution is 2.30. The Kier molecular flexibility index (Phi) is 4.93. The van der Waals surface area contributed by atoms with Gasteiger partial charge in [-0.3, -0.25) is 4.79 Å². The Morgan fingerprint density at radius 2 is 1.91 bits per heavy atom. The lowest BCUT2D eigenvalue weighted by Crippen LogP contribution is -2.17. The lowest BCUT2D eigenvalue weighted by molar-refractivity contribution is -0.143. The molecule has 0 spiro atoms. The monoisotopic (exact) mass is 305 g/mol. The Hall–Kier alpha value is -2.63. The van der Waals surface area contributed by atoms with Crippen molar-refractivity contribution < 1.29 is 18.3 Å². The summed E-state index contributed by atoms with van der Waals surface area (Å²) in [6.45, 7) is 1.78. The summed E-state index contributed by atoms with van der Waals surface area (Å²) in [5.74, 6) is -2.97. The lowest BCUT2D eigenvalue weighted by atomic mass is 9.91. The molecule has 2 aromatic rings. The van der Waals surface area contributed by atoms with Gasteiger partial charge in [0.2, 0.25) is 0 Å². The molecule has 0 aromatic heterocycles. The number of ether oxygens (including phenoxy) is 1. The first kappa shape index (κ1) is 15.8. The molecule has 0 saturated heterocycles. The first-order chi connectivity index (χ1) is 10.6. The highest BCUT2D eigenvalue weighted by molar-refractivity contribution is 5.82. The molecule has 1 atom stereocenters. The molecule has 0 N–H and O–H groups in total. The van der Waals surface area contributed by atoms with Gasteiger partial charge >= 0.3 is 5.97 Å². The Morgan fingerprint density at radius 3 is 2.50 bits per heavy atom. The van der Waals surface area contributed by atoms with E-state index in [4.69, 9.17) is 4.74 Å². The van der Waals surface area contributed by atoms with E-state index in [-0.39, 0.29) is 17.9 Å². The number of nitroso groups, excluding NO2 is 1. The van der Waals surface area contributed by atoms with Crippen LogP contribution in [0.3, 0.4) is 0 Å². The molecule has 0 aliphatic carbocycles. The van der Waals surface area contributed by atoms with Crippen molar-refractivity contribution in [3.63, 3.8) is 0 Å². The van der Waals surface area contributed by atoms with Gasteiger partial charge in [-0.05, 0) is 47.5 Å². The molecular weight excluding hydrogens is 292 g/mol. The summed E-state index contributed by atoms with van der Waals surface area (Å²) < 4.78 is 32.1. The van der Waals surface area contributed by atoms with Crippen LogP contribution in [0.15, 0.2) is 47.6 Å². The van der Waals surface area contributed by atoms with E-state index >= 15 is 0 Å². The maximum absolute atomic E-state index is 13.7. The van der Waals surface area contributed by atoms with E-state index in [2.05, 4.69) is 5.18 Å². The molecule has 0 heterocycles. The zero-order chi connectivity index (χ0) is 16.1. The van der Waals surface area contributed by atoms with Crippen LogP contribution in [0.2, 0.25) is 0 Å². The van der Waals surface area contributed by atoms with Gasteiger partial charge in [0.05, 0.1) is 6.61 Å². The predicted molar refractivity (Wildman–Crippen MR) is 76.7 cm³/mol. The van der Waals surface area contributed by atoms with Crippen molar-refractivity contribution in [3.8, 4) is 0 Å². The average molecular weight is 305 g/mol. The number of carbonyl (C=O) groups is 1. The van der Waals surface area contributed by atoms with E-state index in [1.54, 1.807) is 13.0 Å². The topological polar surface area (TPSA) is 55.7 Å². The van der Waals surface area contributed by atoms with Crippen LogP contribution in [0.1, 0.15) is 24.0 Å². The largest absolute Gasteiger partial charge is 0.465 e. The van der Waals surface area contributed by atoms with Crippen molar-refractivity contribution in [2.24, 2.45) is 5.18 Å². The average Bonchev–Trinajstić information content (AvgIpc) is 2.48. The summed E-state index contributed by atoms with van der Waals surface area (Å²) in [4.78, 5) is 22.6. The van der Waals surface area contributed by atoms with Crippen molar-refractivity contribution >= 4 is 11.7 Å². The number of rotatable bonds is 5. The fourth-order valence-electron chi connectivity index (χ4n) is 2.15. The summed E-state index contributed by atoms with van der Waals surface area (Å²) in [5, 5.41) is 2.54. The molecule has 0 saturated carbocycles. The fraction of sp³-hybridized carbons (Fsp3) is 0.188.